The SMILES string of the molecule is CO[C@H]1CCN(c2cc(C(=O)N[C@H](C(=O)N3CCN(C(=O)O)CC3)C(C)C)nc(-c3ccccc3)c2)C1. The predicted octanol–water partition coefficient (Wildman–Crippen LogP) is 2.55. The number of carbonyl (C=O) groups excluding carboxylic acids is 2. The number of ether oxygens (including phenoxy) is 1. The van der Waals surface area contributed by atoms with Crippen molar-refractivity contribution in [1.29, 1.82) is 0 Å². The molecule has 1 aromatic carbocycles. The van der Waals surface area contributed by atoms with Gasteiger partial charge in [0, 0.05) is 57.6 Å². The third-order valence-corrected chi connectivity index (χ3v) is 7.04. The highest BCUT2D eigenvalue weighted by Gasteiger charge is 2.32. The monoisotopic (exact) mass is 509 g/mol. The van der Waals surface area contributed by atoms with Gasteiger partial charge in [-0.15, -0.1) is 0 Å². The number of benzene rings is 1. The Labute approximate surface area is 217 Å². The highest BCUT2D eigenvalue weighted by Crippen LogP contribution is 2.27. The molecular weight excluding hydrogens is 474 g/mol. The highest BCUT2D eigenvalue weighted by molar-refractivity contribution is 5.97. The maximum Gasteiger partial charge on any atom is 0.407 e. The Bertz CT molecular complexity index is 1120. The van der Waals surface area contributed by atoms with Crippen molar-refractivity contribution < 1.29 is 24.2 Å². The summed E-state index contributed by atoms with van der Waals surface area (Å²) in [5.74, 6) is -0.792. The number of nitrogens with one attached hydrogen (secondary N) is 1. The van der Waals surface area contributed by atoms with E-state index in [4.69, 9.17) is 4.74 Å². The van der Waals surface area contributed by atoms with E-state index in [-0.39, 0.29) is 36.7 Å². The molecule has 10 heteroatoms. The van der Waals surface area contributed by atoms with E-state index >= 15 is 0 Å². The van der Waals surface area contributed by atoms with Crippen LogP contribution in [0, 0.1) is 5.92 Å². The van der Waals surface area contributed by atoms with Gasteiger partial charge in [-0.1, -0.05) is 44.2 Å². The van der Waals surface area contributed by atoms with E-state index < -0.39 is 18.0 Å². The van der Waals surface area contributed by atoms with Crippen molar-refractivity contribution in [2.75, 3.05) is 51.3 Å². The Morgan fingerprint density at radius 3 is 2.30 bits per heavy atom. The average Bonchev–Trinajstić information content (AvgIpc) is 3.41. The van der Waals surface area contributed by atoms with Crippen molar-refractivity contribution in [3.05, 3.63) is 48.2 Å². The average molecular weight is 510 g/mol. The number of pyridine rings is 1. The van der Waals surface area contributed by atoms with Gasteiger partial charge in [0.25, 0.3) is 5.91 Å². The lowest BCUT2D eigenvalue weighted by atomic mass is 10.0. The zero-order valence-electron chi connectivity index (χ0n) is 21.6. The zero-order valence-corrected chi connectivity index (χ0v) is 21.6. The fourth-order valence-corrected chi connectivity index (χ4v) is 4.77. The normalized spacial score (nSPS) is 18.7. The molecule has 2 atom stereocenters. The predicted molar refractivity (Wildman–Crippen MR) is 140 cm³/mol. The summed E-state index contributed by atoms with van der Waals surface area (Å²) >= 11 is 0. The van der Waals surface area contributed by atoms with Crippen LogP contribution in [0.4, 0.5) is 10.5 Å². The molecule has 2 N–H and O–H groups in total. The van der Waals surface area contributed by atoms with Crippen LogP contribution >= 0.6 is 0 Å². The Morgan fingerprint density at radius 2 is 1.70 bits per heavy atom. The standard InChI is InChI=1S/C27H35N5O5/c1-18(2)24(26(34)30-11-13-31(14-12-30)27(35)36)29-25(33)23-16-20(32-10-9-21(17-32)37-3)15-22(28-23)19-7-5-4-6-8-19/h4-8,15-16,18,21,24H,9-14,17H2,1-3H3,(H,29,33)(H,35,36)/t21-,24-/m0/s1. The second kappa shape index (κ2) is 11.6. The summed E-state index contributed by atoms with van der Waals surface area (Å²) in [6, 6.07) is 12.7. The van der Waals surface area contributed by atoms with Crippen LogP contribution in [-0.4, -0.2) is 96.3 Å². The summed E-state index contributed by atoms with van der Waals surface area (Å²) in [4.78, 5) is 47.8. The van der Waals surface area contributed by atoms with Gasteiger partial charge in [0.05, 0.1) is 11.8 Å². The molecule has 3 heterocycles. The van der Waals surface area contributed by atoms with Crippen molar-refractivity contribution >= 4 is 23.6 Å². The molecule has 0 aliphatic carbocycles. The lowest BCUT2D eigenvalue weighted by Crippen LogP contribution is -2.57. The summed E-state index contributed by atoms with van der Waals surface area (Å²) in [5.41, 5.74) is 2.71. The van der Waals surface area contributed by atoms with Crippen LogP contribution in [0.2, 0.25) is 0 Å². The first-order valence-electron chi connectivity index (χ1n) is 12.7. The molecule has 2 saturated heterocycles. The molecule has 2 aliphatic heterocycles. The fraction of sp³-hybridized carbons (Fsp3) is 0.481. The number of nitrogens with zero attached hydrogens (tertiary/aromatic N) is 4. The van der Waals surface area contributed by atoms with E-state index in [0.717, 1.165) is 30.8 Å². The number of hydrogen-bond donors (Lipinski definition) is 2. The topological polar surface area (TPSA) is 115 Å². The van der Waals surface area contributed by atoms with Gasteiger partial charge in [-0.3, -0.25) is 9.59 Å². The summed E-state index contributed by atoms with van der Waals surface area (Å²) in [5, 5.41) is 12.1. The number of piperazine rings is 1. The van der Waals surface area contributed by atoms with Crippen LogP contribution in [0.15, 0.2) is 42.5 Å². The van der Waals surface area contributed by atoms with Gasteiger partial charge < -0.3 is 29.9 Å². The fourth-order valence-electron chi connectivity index (χ4n) is 4.77. The molecule has 4 rings (SSSR count). The van der Waals surface area contributed by atoms with Gasteiger partial charge in [-0.05, 0) is 24.5 Å². The van der Waals surface area contributed by atoms with Crippen LogP contribution in [-0.2, 0) is 9.53 Å². The highest BCUT2D eigenvalue weighted by atomic mass is 16.5. The van der Waals surface area contributed by atoms with E-state index in [1.54, 1.807) is 18.1 Å². The molecule has 37 heavy (non-hydrogen) atoms. The molecule has 2 fully saturated rings. The lowest BCUT2D eigenvalue weighted by Gasteiger charge is -2.36. The molecule has 10 nitrogen and oxygen atoms in total. The van der Waals surface area contributed by atoms with Crippen molar-refractivity contribution in [3.8, 4) is 11.3 Å². The smallest absolute Gasteiger partial charge is 0.407 e. The van der Waals surface area contributed by atoms with Crippen LogP contribution in [0.5, 0.6) is 0 Å². The molecule has 1 aromatic heterocycles. The minimum absolute atomic E-state index is 0.134. The number of aromatic nitrogens is 1. The van der Waals surface area contributed by atoms with Gasteiger partial charge >= 0.3 is 6.09 Å². The maximum absolute atomic E-state index is 13.5. The summed E-state index contributed by atoms with van der Waals surface area (Å²) in [7, 11) is 1.71. The Kier molecular flexibility index (Phi) is 8.27. The third-order valence-electron chi connectivity index (χ3n) is 7.04. The lowest BCUT2D eigenvalue weighted by molar-refractivity contribution is -0.135. The Balaban J connectivity index is 1.56. The van der Waals surface area contributed by atoms with Crippen molar-refractivity contribution in [1.82, 2.24) is 20.1 Å². The first-order valence-corrected chi connectivity index (χ1v) is 12.7. The number of amides is 3. The van der Waals surface area contributed by atoms with Crippen LogP contribution < -0.4 is 10.2 Å². The summed E-state index contributed by atoms with van der Waals surface area (Å²) < 4.78 is 5.52. The minimum atomic E-state index is -0.990. The van der Waals surface area contributed by atoms with Crippen molar-refractivity contribution in [2.24, 2.45) is 5.92 Å². The Hall–Kier alpha value is -3.66. The molecule has 198 valence electrons. The molecule has 0 radical (unpaired) electrons. The molecule has 2 aromatic rings. The Morgan fingerprint density at radius 1 is 1.03 bits per heavy atom. The number of carboxylic acid groups (broad SMARTS) is 1. The number of rotatable bonds is 7. The van der Waals surface area contributed by atoms with Gasteiger partial charge in [-0.25, -0.2) is 9.78 Å². The number of methoxy groups -OCH3 is 1. The van der Waals surface area contributed by atoms with Crippen LogP contribution in [0.3, 0.4) is 0 Å². The molecule has 0 unspecified atom stereocenters. The largest absolute Gasteiger partial charge is 0.465 e. The van der Waals surface area contributed by atoms with Gasteiger partial charge in [-0.2, -0.15) is 0 Å². The third kappa shape index (κ3) is 6.19. The van der Waals surface area contributed by atoms with Gasteiger partial charge in [0.15, 0.2) is 0 Å². The summed E-state index contributed by atoms with van der Waals surface area (Å²) in [6.45, 7) is 6.40. The second-order valence-electron chi connectivity index (χ2n) is 9.84. The quantitative estimate of drug-likeness (QED) is 0.589. The molecule has 2 aliphatic rings. The number of hydrogen-bond acceptors (Lipinski definition) is 6. The first-order chi connectivity index (χ1) is 17.8. The molecule has 0 saturated carbocycles. The van der Waals surface area contributed by atoms with Gasteiger partial charge in [0.1, 0.15) is 11.7 Å². The van der Waals surface area contributed by atoms with E-state index in [0.29, 0.717) is 18.8 Å². The van der Waals surface area contributed by atoms with Crippen molar-refractivity contribution in [2.45, 2.75) is 32.4 Å². The van der Waals surface area contributed by atoms with Crippen molar-refractivity contribution in [3.63, 3.8) is 0 Å². The molecule has 3 amide bonds. The summed E-state index contributed by atoms with van der Waals surface area (Å²) in [6.07, 6.45) is 0.0473. The van der Waals surface area contributed by atoms with Crippen LogP contribution in [0.25, 0.3) is 11.3 Å². The van der Waals surface area contributed by atoms with E-state index in [2.05, 4.69) is 15.2 Å². The zero-order chi connectivity index (χ0) is 26.5. The molecular formula is C27H35N5O5. The number of carbonyl (C=O) groups is 3. The molecule has 0 bridgehead atoms. The van der Waals surface area contributed by atoms with E-state index in [9.17, 15) is 19.5 Å². The first kappa shape index (κ1) is 26.4. The van der Waals surface area contributed by atoms with E-state index in [1.807, 2.05) is 50.2 Å². The maximum atomic E-state index is 13.5. The number of anilines is 1. The van der Waals surface area contributed by atoms with Gasteiger partial charge in [0.2, 0.25) is 5.91 Å². The molecule has 0 spiro atoms. The van der Waals surface area contributed by atoms with E-state index in [1.165, 1.54) is 4.90 Å². The van der Waals surface area contributed by atoms with Crippen LogP contribution in [0.1, 0.15) is 30.8 Å². The second-order valence-corrected chi connectivity index (χ2v) is 9.84. The minimum Gasteiger partial charge on any atom is -0.465 e.